The van der Waals surface area contributed by atoms with Crippen LogP contribution in [0.25, 0.3) is 11.5 Å². The van der Waals surface area contributed by atoms with Gasteiger partial charge in [-0.05, 0) is 30.6 Å². The summed E-state index contributed by atoms with van der Waals surface area (Å²) >= 11 is 1.75. The van der Waals surface area contributed by atoms with Crippen molar-refractivity contribution in [1.82, 2.24) is 15.1 Å². The van der Waals surface area contributed by atoms with E-state index in [-0.39, 0.29) is 6.04 Å². The van der Waals surface area contributed by atoms with Crippen LogP contribution in [0.4, 0.5) is 0 Å². The molecule has 0 spiro atoms. The number of hydrogen-bond acceptors (Lipinski definition) is 5. The summed E-state index contributed by atoms with van der Waals surface area (Å²) in [5.41, 5.74) is 6.77. The molecule has 6 heteroatoms. The predicted octanol–water partition coefficient (Wildman–Crippen LogP) is 1.82. The highest BCUT2D eigenvalue weighted by molar-refractivity contribution is 7.98. The van der Waals surface area contributed by atoms with E-state index in [1.807, 2.05) is 24.6 Å². The molecule has 1 unspecified atom stereocenters. The normalized spacial score (nSPS) is 12.9. The third-order valence-corrected chi connectivity index (χ3v) is 2.87. The van der Waals surface area contributed by atoms with Crippen molar-refractivity contribution in [3.63, 3.8) is 0 Å². The lowest BCUT2D eigenvalue weighted by molar-refractivity contribution is 0.353. The number of aromatic nitrogens is 3. The number of nitrogens with zero attached hydrogens (tertiary/aromatic N) is 2. The van der Waals surface area contributed by atoms with E-state index < -0.39 is 0 Å². The van der Waals surface area contributed by atoms with Gasteiger partial charge < -0.3 is 15.2 Å². The first kappa shape index (κ1) is 11.2. The van der Waals surface area contributed by atoms with Crippen molar-refractivity contribution in [2.75, 3.05) is 12.0 Å². The van der Waals surface area contributed by atoms with Crippen LogP contribution >= 0.6 is 11.8 Å². The molecule has 86 valence electrons. The molecule has 0 fully saturated rings. The van der Waals surface area contributed by atoms with Crippen LogP contribution in [0.2, 0.25) is 0 Å². The van der Waals surface area contributed by atoms with Crippen LogP contribution in [-0.2, 0) is 0 Å². The van der Waals surface area contributed by atoms with Crippen molar-refractivity contribution >= 4 is 11.8 Å². The second kappa shape index (κ2) is 5.18. The van der Waals surface area contributed by atoms with Gasteiger partial charge in [-0.15, -0.1) is 0 Å². The van der Waals surface area contributed by atoms with Crippen LogP contribution in [0.3, 0.4) is 0 Å². The number of hydrogen-bond donors (Lipinski definition) is 2. The standard InChI is InChI=1S/C10H14N4OS/c1-16-6-4-7(11)10-13-9(14-15-10)8-3-2-5-12-8/h2-3,5,7,12H,4,6,11H2,1H3. The summed E-state index contributed by atoms with van der Waals surface area (Å²) < 4.78 is 5.13. The maximum absolute atomic E-state index is 5.93. The zero-order valence-corrected chi connectivity index (χ0v) is 9.83. The Morgan fingerprint density at radius 3 is 3.19 bits per heavy atom. The van der Waals surface area contributed by atoms with Gasteiger partial charge in [0.25, 0.3) is 0 Å². The number of nitrogens with two attached hydrogens (primary N) is 1. The Hall–Kier alpha value is -1.27. The van der Waals surface area contributed by atoms with Gasteiger partial charge in [0.2, 0.25) is 11.7 Å². The maximum Gasteiger partial charge on any atom is 0.243 e. The maximum atomic E-state index is 5.93. The topological polar surface area (TPSA) is 80.7 Å². The van der Waals surface area contributed by atoms with Gasteiger partial charge >= 0.3 is 0 Å². The second-order valence-corrected chi connectivity index (χ2v) is 4.41. The minimum atomic E-state index is -0.177. The van der Waals surface area contributed by atoms with Crippen molar-refractivity contribution in [3.8, 4) is 11.5 Å². The van der Waals surface area contributed by atoms with E-state index >= 15 is 0 Å². The first-order valence-corrected chi connectivity index (χ1v) is 6.42. The van der Waals surface area contributed by atoms with Crippen LogP contribution < -0.4 is 5.73 Å². The summed E-state index contributed by atoms with van der Waals surface area (Å²) in [7, 11) is 0. The van der Waals surface area contributed by atoms with Crippen molar-refractivity contribution < 1.29 is 4.52 Å². The molecule has 0 aromatic carbocycles. The van der Waals surface area contributed by atoms with E-state index in [1.165, 1.54) is 0 Å². The van der Waals surface area contributed by atoms with Crippen molar-refractivity contribution in [2.45, 2.75) is 12.5 Å². The molecule has 0 bridgehead atoms. The lowest BCUT2D eigenvalue weighted by atomic mass is 10.2. The van der Waals surface area contributed by atoms with E-state index in [1.54, 1.807) is 11.8 Å². The molecule has 2 rings (SSSR count). The molecule has 1 atom stereocenters. The minimum Gasteiger partial charge on any atom is -0.359 e. The number of rotatable bonds is 5. The van der Waals surface area contributed by atoms with Crippen LogP contribution in [0, 0.1) is 0 Å². The molecule has 2 aromatic rings. The third kappa shape index (κ3) is 2.45. The highest BCUT2D eigenvalue weighted by Crippen LogP contribution is 2.18. The highest BCUT2D eigenvalue weighted by atomic mass is 32.2. The summed E-state index contributed by atoms with van der Waals surface area (Å²) in [6.07, 6.45) is 4.71. The van der Waals surface area contributed by atoms with E-state index in [2.05, 4.69) is 15.1 Å². The quantitative estimate of drug-likeness (QED) is 0.830. The average Bonchev–Trinajstić information content (AvgIpc) is 2.94. The van der Waals surface area contributed by atoms with Gasteiger partial charge in [0, 0.05) is 6.20 Å². The van der Waals surface area contributed by atoms with Gasteiger partial charge in [-0.1, -0.05) is 5.16 Å². The van der Waals surface area contributed by atoms with Crippen LogP contribution in [0.15, 0.2) is 22.9 Å². The molecule has 0 saturated carbocycles. The molecule has 2 aromatic heterocycles. The molecule has 0 aliphatic rings. The summed E-state index contributed by atoms with van der Waals surface area (Å²) in [6, 6.07) is 3.60. The van der Waals surface area contributed by atoms with E-state index in [0.717, 1.165) is 17.9 Å². The molecule has 0 aliphatic heterocycles. The molecule has 0 radical (unpaired) electrons. The van der Waals surface area contributed by atoms with E-state index in [4.69, 9.17) is 10.3 Å². The molecule has 16 heavy (non-hydrogen) atoms. The molecular formula is C10H14N4OS. The molecule has 0 aliphatic carbocycles. The Kier molecular flexibility index (Phi) is 3.63. The van der Waals surface area contributed by atoms with Crippen LogP contribution in [0.1, 0.15) is 18.4 Å². The number of H-pyrrole nitrogens is 1. The zero-order chi connectivity index (χ0) is 11.4. The monoisotopic (exact) mass is 238 g/mol. The minimum absolute atomic E-state index is 0.177. The highest BCUT2D eigenvalue weighted by Gasteiger charge is 2.15. The molecule has 0 saturated heterocycles. The van der Waals surface area contributed by atoms with Gasteiger partial charge in [-0.2, -0.15) is 16.7 Å². The van der Waals surface area contributed by atoms with E-state index in [9.17, 15) is 0 Å². The van der Waals surface area contributed by atoms with Gasteiger partial charge in [0.1, 0.15) is 0 Å². The summed E-state index contributed by atoms with van der Waals surface area (Å²) in [4.78, 5) is 7.28. The van der Waals surface area contributed by atoms with Gasteiger partial charge in [-0.3, -0.25) is 0 Å². The smallest absolute Gasteiger partial charge is 0.243 e. The van der Waals surface area contributed by atoms with Crippen molar-refractivity contribution in [2.24, 2.45) is 5.73 Å². The number of aromatic amines is 1. The van der Waals surface area contributed by atoms with Crippen molar-refractivity contribution in [3.05, 3.63) is 24.2 Å². The molecule has 3 N–H and O–H groups in total. The van der Waals surface area contributed by atoms with Gasteiger partial charge in [-0.25, -0.2) is 0 Å². The Balaban J connectivity index is 2.07. The molecule has 2 heterocycles. The summed E-state index contributed by atoms with van der Waals surface area (Å²) in [5, 5.41) is 3.88. The van der Waals surface area contributed by atoms with Gasteiger partial charge in [0.15, 0.2) is 0 Å². The predicted molar refractivity (Wildman–Crippen MR) is 64.0 cm³/mol. The SMILES string of the molecule is CSCCC(N)c1nc(-c2ccc[nH]2)no1. The summed E-state index contributed by atoms with van der Waals surface area (Å²) in [5.74, 6) is 2.04. The Morgan fingerprint density at radius 1 is 1.62 bits per heavy atom. The largest absolute Gasteiger partial charge is 0.359 e. The number of thioether (sulfide) groups is 1. The van der Waals surface area contributed by atoms with Crippen LogP contribution in [0.5, 0.6) is 0 Å². The summed E-state index contributed by atoms with van der Waals surface area (Å²) in [6.45, 7) is 0. The first-order valence-electron chi connectivity index (χ1n) is 5.03. The molecule has 5 nitrogen and oxygen atoms in total. The second-order valence-electron chi connectivity index (χ2n) is 3.43. The lowest BCUT2D eigenvalue weighted by Crippen LogP contribution is -2.11. The fourth-order valence-corrected chi connectivity index (χ4v) is 1.82. The lowest BCUT2D eigenvalue weighted by Gasteiger charge is -2.03. The first-order chi connectivity index (χ1) is 7.81. The fourth-order valence-electron chi connectivity index (χ4n) is 1.33. The fraction of sp³-hybridized carbons (Fsp3) is 0.400. The Labute approximate surface area is 97.8 Å². The Morgan fingerprint density at radius 2 is 2.50 bits per heavy atom. The van der Waals surface area contributed by atoms with Crippen molar-refractivity contribution in [1.29, 1.82) is 0 Å². The van der Waals surface area contributed by atoms with Gasteiger partial charge in [0.05, 0.1) is 11.7 Å². The van der Waals surface area contributed by atoms with Crippen LogP contribution in [-0.4, -0.2) is 27.1 Å². The zero-order valence-electron chi connectivity index (χ0n) is 9.01. The number of nitrogens with one attached hydrogen (secondary N) is 1. The van der Waals surface area contributed by atoms with E-state index in [0.29, 0.717) is 11.7 Å². The molecular weight excluding hydrogens is 224 g/mol. The molecule has 0 amide bonds. The third-order valence-electron chi connectivity index (χ3n) is 2.23. The Bertz CT molecular complexity index is 426. The average molecular weight is 238 g/mol.